The summed E-state index contributed by atoms with van der Waals surface area (Å²) >= 11 is 1.44. The summed E-state index contributed by atoms with van der Waals surface area (Å²) in [6.45, 7) is 2.31. The Kier molecular flexibility index (Phi) is 5.56. The maximum absolute atomic E-state index is 13.3. The van der Waals surface area contributed by atoms with Crippen molar-refractivity contribution in [1.82, 2.24) is 20.0 Å². The molecule has 7 nitrogen and oxygen atoms in total. The molecule has 2 aromatic heterocycles. The van der Waals surface area contributed by atoms with Crippen molar-refractivity contribution in [3.05, 3.63) is 71.2 Å². The number of thiazole rings is 1. The van der Waals surface area contributed by atoms with E-state index in [2.05, 4.69) is 19.9 Å². The smallest absolute Gasteiger partial charge is 0.405 e. The zero-order valence-corrected chi connectivity index (χ0v) is 18.6. The first kappa shape index (κ1) is 22.1. The highest BCUT2D eigenvalue weighted by Gasteiger charge is 2.40. The minimum Gasteiger partial charge on any atom is -0.405 e. The van der Waals surface area contributed by atoms with Gasteiger partial charge in [-0.2, -0.15) is 4.98 Å². The van der Waals surface area contributed by atoms with Gasteiger partial charge >= 0.3 is 6.36 Å². The molecule has 0 radical (unpaired) electrons. The quantitative estimate of drug-likeness (QED) is 0.362. The lowest BCUT2D eigenvalue weighted by atomic mass is 10.0. The van der Waals surface area contributed by atoms with Crippen LogP contribution in [0.2, 0.25) is 0 Å². The number of aromatic nitrogens is 3. The molecule has 174 valence electrons. The third-order valence-corrected chi connectivity index (χ3v) is 6.35. The average Bonchev–Trinajstić information content (AvgIpc) is 3.40. The van der Waals surface area contributed by atoms with E-state index in [-0.39, 0.29) is 23.2 Å². The van der Waals surface area contributed by atoms with Gasteiger partial charge < -0.3 is 14.2 Å². The van der Waals surface area contributed by atoms with Gasteiger partial charge in [0.25, 0.3) is 5.91 Å². The molecule has 5 rings (SSSR count). The first-order valence-electron chi connectivity index (χ1n) is 10.3. The fraction of sp³-hybridized carbons (Fsp3) is 0.217. The first-order chi connectivity index (χ1) is 16.3. The van der Waals surface area contributed by atoms with E-state index in [1.165, 1.54) is 29.5 Å². The minimum atomic E-state index is -4.86. The zero-order valence-electron chi connectivity index (χ0n) is 17.7. The van der Waals surface area contributed by atoms with E-state index in [4.69, 9.17) is 4.52 Å². The molecule has 0 spiro atoms. The van der Waals surface area contributed by atoms with Gasteiger partial charge in [0.15, 0.2) is 0 Å². The number of halogens is 3. The van der Waals surface area contributed by atoms with Crippen molar-refractivity contribution in [1.29, 1.82) is 0 Å². The fourth-order valence-electron chi connectivity index (χ4n) is 3.73. The molecule has 0 N–H and O–H groups in total. The first-order valence-corrected chi connectivity index (χ1v) is 11.1. The van der Waals surface area contributed by atoms with Crippen molar-refractivity contribution in [2.24, 2.45) is 0 Å². The number of aryl methyl sites for hydroxylation is 1. The second-order valence-corrected chi connectivity index (χ2v) is 8.78. The summed E-state index contributed by atoms with van der Waals surface area (Å²) in [4.78, 5) is 24.4. The molecule has 1 aliphatic rings. The fourth-order valence-corrected chi connectivity index (χ4v) is 4.64. The Hall–Kier alpha value is -3.73. The number of ether oxygens (including phenoxy) is 1. The van der Waals surface area contributed by atoms with Crippen molar-refractivity contribution < 1.29 is 27.2 Å². The van der Waals surface area contributed by atoms with Gasteiger partial charge in [0.1, 0.15) is 17.5 Å². The van der Waals surface area contributed by atoms with Crippen LogP contribution in [0.3, 0.4) is 0 Å². The lowest BCUT2D eigenvalue weighted by Crippen LogP contribution is -2.45. The van der Waals surface area contributed by atoms with Crippen LogP contribution in [0, 0.1) is 6.92 Å². The SMILES string of the molecule is Cc1nc(C(=O)N2CCC2c2nc(-c3ccccc3OC(F)(F)F)no2)c(-c2ccccc2)s1. The summed E-state index contributed by atoms with van der Waals surface area (Å²) < 4.78 is 47.7. The lowest BCUT2D eigenvalue weighted by Gasteiger charge is -2.38. The summed E-state index contributed by atoms with van der Waals surface area (Å²) in [7, 11) is 0. The third-order valence-electron chi connectivity index (χ3n) is 5.33. The number of para-hydroxylation sites is 1. The summed E-state index contributed by atoms with van der Waals surface area (Å²) in [6, 6.07) is 14.6. The van der Waals surface area contributed by atoms with Crippen molar-refractivity contribution in [3.63, 3.8) is 0 Å². The number of amides is 1. The van der Waals surface area contributed by atoms with E-state index in [0.29, 0.717) is 18.7 Å². The minimum absolute atomic E-state index is 0.0357. The number of carbonyl (C=O) groups excluding carboxylic acids is 1. The van der Waals surface area contributed by atoms with E-state index in [0.717, 1.165) is 15.4 Å². The molecule has 1 aliphatic heterocycles. The molecule has 1 unspecified atom stereocenters. The van der Waals surface area contributed by atoms with Gasteiger partial charge in [0, 0.05) is 6.54 Å². The Morgan fingerprint density at radius 1 is 1.12 bits per heavy atom. The molecule has 1 amide bonds. The van der Waals surface area contributed by atoms with Crippen LogP contribution in [0.25, 0.3) is 21.8 Å². The number of hydrogen-bond acceptors (Lipinski definition) is 7. The highest BCUT2D eigenvalue weighted by Crippen LogP contribution is 2.39. The van der Waals surface area contributed by atoms with E-state index in [9.17, 15) is 18.0 Å². The zero-order chi connectivity index (χ0) is 23.9. The lowest BCUT2D eigenvalue weighted by molar-refractivity contribution is -0.274. The number of nitrogens with zero attached hydrogens (tertiary/aromatic N) is 4. The second-order valence-electron chi connectivity index (χ2n) is 7.58. The molecule has 1 atom stereocenters. The number of benzene rings is 2. The standard InChI is InChI=1S/C23H17F3N4O3S/c1-13-27-18(19(34-13)14-7-3-2-4-8-14)22(31)30-12-11-16(30)21-28-20(29-33-21)15-9-5-6-10-17(15)32-23(24,25)26/h2-10,16H,11-12H2,1H3. The van der Waals surface area contributed by atoms with Crippen molar-refractivity contribution in [2.75, 3.05) is 6.54 Å². The predicted octanol–water partition coefficient (Wildman–Crippen LogP) is 5.65. The molecular formula is C23H17F3N4O3S. The van der Waals surface area contributed by atoms with Gasteiger partial charge in [-0.1, -0.05) is 47.6 Å². The number of alkyl halides is 3. The van der Waals surface area contributed by atoms with Crippen molar-refractivity contribution in [2.45, 2.75) is 25.7 Å². The molecule has 0 saturated carbocycles. The van der Waals surface area contributed by atoms with E-state index >= 15 is 0 Å². The Bertz CT molecular complexity index is 1340. The van der Waals surface area contributed by atoms with E-state index in [1.807, 2.05) is 37.3 Å². The molecule has 3 heterocycles. The van der Waals surface area contributed by atoms with Gasteiger partial charge in [-0.05, 0) is 31.0 Å². The highest BCUT2D eigenvalue weighted by molar-refractivity contribution is 7.15. The normalized spacial score (nSPS) is 15.8. The molecule has 0 bridgehead atoms. The molecule has 1 fully saturated rings. The van der Waals surface area contributed by atoms with Gasteiger partial charge in [-0.15, -0.1) is 24.5 Å². The van der Waals surface area contributed by atoms with Crippen LogP contribution in [0.15, 0.2) is 59.1 Å². The Labute approximate surface area is 195 Å². The van der Waals surface area contributed by atoms with E-state index in [1.54, 1.807) is 11.0 Å². The maximum Gasteiger partial charge on any atom is 0.573 e. The van der Waals surface area contributed by atoms with Crippen LogP contribution in [-0.4, -0.2) is 38.8 Å². The van der Waals surface area contributed by atoms with Crippen LogP contribution in [0.1, 0.15) is 33.8 Å². The largest absolute Gasteiger partial charge is 0.573 e. The topological polar surface area (TPSA) is 81.4 Å². The molecule has 34 heavy (non-hydrogen) atoms. The predicted molar refractivity (Wildman–Crippen MR) is 117 cm³/mol. The second kappa shape index (κ2) is 8.56. The number of likely N-dealkylation sites (tertiary alicyclic amines) is 1. The summed E-state index contributed by atoms with van der Waals surface area (Å²) in [6.07, 6.45) is -4.28. The van der Waals surface area contributed by atoms with Gasteiger partial charge in [0.05, 0.1) is 15.4 Å². The molecule has 4 aromatic rings. The highest BCUT2D eigenvalue weighted by atomic mass is 32.1. The van der Waals surface area contributed by atoms with Crippen molar-refractivity contribution in [3.8, 4) is 27.6 Å². The molecular weight excluding hydrogens is 469 g/mol. The molecule has 2 aromatic carbocycles. The van der Waals surface area contributed by atoms with Gasteiger partial charge in [-0.3, -0.25) is 4.79 Å². The number of hydrogen-bond donors (Lipinski definition) is 0. The van der Waals surface area contributed by atoms with Crippen LogP contribution in [-0.2, 0) is 0 Å². The van der Waals surface area contributed by atoms with Crippen molar-refractivity contribution >= 4 is 17.2 Å². The molecule has 1 saturated heterocycles. The monoisotopic (exact) mass is 486 g/mol. The third kappa shape index (κ3) is 4.26. The van der Waals surface area contributed by atoms with Gasteiger partial charge in [0.2, 0.25) is 11.7 Å². The number of carbonyl (C=O) groups is 1. The Balaban J connectivity index is 1.40. The van der Waals surface area contributed by atoms with Crippen LogP contribution < -0.4 is 4.74 Å². The van der Waals surface area contributed by atoms with Gasteiger partial charge in [-0.25, -0.2) is 4.98 Å². The Morgan fingerprint density at radius 3 is 2.56 bits per heavy atom. The Morgan fingerprint density at radius 2 is 1.85 bits per heavy atom. The average molecular weight is 486 g/mol. The molecule has 0 aliphatic carbocycles. The number of rotatable bonds is 5. The molecule has 11 heteroatoms. The summed E-state index contributed by atoms with van der Waals surface area (Å²) in [5.41, 5.74) is 1.28. The van der Waals surface area contributed by atoms with Crippen LogP contribution in [0.4, 0.5) is 13.2 Å². The van der Waals surface area contributed by atoms with Crippen LogP contribution in [0.5, 0.6) is 5.75 Å². The van der Waals surface area contributed by atoms with E-state index < -0.39 is 18.2 Å². The summed E-state index contributed by atoms with van der Waals surface area (Å²) in [5, 5.41) is 4.60. The van der Waals surface area contributed by atoms with Crippen LogP contribution >= 0.6 is 11.3 Å². The maximum atomic E-state index is 13.3. The summed E-state index contributed by atoms with van der Waals surface area (Å²) in [5.74, 6) is -0.609.